The van der Waals surface area contributed by atoms with Gasteiger partial charge in [0, 0.05) is 17.5 Å². The molecule has 0 aliphatic heterocycles. The van der Waals surface area contributed by atoms with Crippen molar-refractivity contribution in [3.05, 3.63) is 46.7 Å². The van der Waals surface area contributed by atoms with E-state index in [1.54, 1.807) is 0 Å². The van der Waals surface area contributed by atoms with Gasteiger partial charge in [0.2, 0.25) is 0 Å². The molecule has 106 valence electrons. The summed E-state index contributed by atoms with van der Waals surface area (Å²) in [6.45, 7) is 3.31. The van der Waals surface area contributed by atoms with Crippen molar-refractivity contribution in [3.63, 3.8) is 0 Å². The van der Waals surface area contributed by atoms with Crippen LogP contribution in [0.4, 0.5) is 0 Å². The molecule has 1 aliphatic carbocycles. The van der Waals surface area contributed by atoms with Crippen LogP contribution in [-0.2, 0) is 6.54 Å². The summed E-state index contributed by atoms with van der Waals surface area (Å²) in [6, 6.07) is 13.7. The summed E-state index contributed by atoms with van der Waals surface area (Å²) in [7, 11) is 0. The number of nitrogens with one attached hydrogen (secondary N) is 1. The standard InChI is InChI=1S/C18H23NS/c1-2-17(10-14-8-9-14)19-12-18-11-16(13-20-18)15-6-4-3-5-7-15/h3-7,11,13-14,17,19H,2,8-10,12H2,1H3. The molecule has 1 nitrogen and oxygen atoms in total. The topological polar surface area (TPSA) is 12.0 Å². The molecule has 1 atom stereocenters. The van der Waals surface area contributed by atoms with Gasteiger partial charge >= 0.3 is 0 Å². The maximum atomic E-state index is 3.73. The highest BCUT2D eigenvalue weighted by molar-refractivity contribution is 7.10. The molecule has 2 heteroatoms. The van der Waals surface area contributed by atoms with Crippen molar-refractivity contribution in [2.75, 3.05) is 0 Å². The molecule has 1 unspecified atom stereocenters. The van der Waals surface area contributed by atoms with Gasteiger partial charge in [-0.15, -0.1) is 11.3 Å². The number of hydrogen-bond acceptors (Lipinski definition) is 2. The number of thiophene rings is 1. The predicted molar refractivity (Wildman–Crippen MR) is 88.0 cm³/mol. The first kappa shape index (κ1) is 13.8. The number of rotatable bonds is 7. The Kier molecular flexibility index (Phi) is 4.54. The molecule has 3 rings (SSSR count). The summed E-state index contributed by atoms with van der Waals surface area (Å²) >= 11 is 1.87. The van der Waals surface area contributed by atoms with Crippen molar-refractivity contribution in [1.82, 2.24) is 5.32 Å². The monoisotopic (exact) mass is 285 g/mol. The lowest BCUT2D eigenvalue weighted by atomic mass is 10.1. The van der Waals surface area contributed by atoms with Gasteiger partial charge in [-0.1, -0.05) is 50.1 Å². The smallest absolute Gasteiger partial charge is 0.0302 e. The van der Waals surface area contributed by atoms with E-state index in [-0.39, 0.29) is 0 Å². The SMILES string of the molecule is CCC(CC1CC1)NCc1cc(-c2ccccc2)cs1. The molecule has 1 aromatic carbocycles. The Morgan fingerprint density at radius 1 is 1.20 bits per heavy atom. The molecule has 1 saturated carbocycles. The summed E-state index contributed by atoms with van der Waals surface area (Å²) in [5, 5.41) is 6.00. The quantitative estimate of drug-likeness (QED) is 0.747. The first-order valence-electron chi connectivity index (χ1n) is 7.71. The maximum Gasteiger partial charge on any atom is 0.0302 e. The lowest BCUT2D eigenvalue weighted by Gasteiger charge is -2.15. The Bertz CT molecular complexity index is 527. The fourth-order valence-electron chi connectivity index (χ4n) is 2.65. The molecular weight excluding hydrogens is 262 g/mol. The van der Waals surface area contributed by atoms with E-state index in [0.717, 1.165) is 12.5 Å². The highest BCUT2D eigenvalue weighted by Gasteiger charge is 2.24. The molecule has 20 heavy (non-hydrogen) atoms. The fraction of sp³-hybridized carbons (Fsp3) is 0.444. The van der Waals surface area contributed by atoms with E-state index >= 15 is 0 Å². The third kappa shape index (κ3) is 3.71. The second kappa shape index (κ2) is 6.55. The summed E-state index contributed by atoms with van der Waals surface area (Å²) in [4.78, 5) is 1.44. The van der Waals surface area contributed by atoms with Crippen LogP contribution in [0.5, 0.6) is 0 Å². The molecule has 1 aliphatic rings. The Morgan fingerprint density at radius 3 is 2.70 bits per heavy atom. The van der Waals surface area contributed by atoms with Gasteiger partial charge in [-0.2, -0.15) is 0 Å². The summed E-state index contributed by atoms with van der Waals surface area (Å²) in [5.41, 5.74) is 2.67. The van der Waals surface area contributed by atoms with Gasteiger partial charge in [0.05, 0.1) is 0 Å². The van der Waals surface area contributed by atoms with Crippen LogP contribution in [0.3, 0.4) is 0 Å². The molecule has 0 spiro atoms. The van der Waals surface area contributed by atoms with Crippen molar-refractivity contribution >= 4 is 11.3 Å². The van der Waals surface area contributed by atoms with Crippen LogP contribution in [-0.4, -0.2) is 6.04 Å². The van der Waals surface area contributed by atoms with E-state index in [0.29, 0.717) is 6.04 Å². The van der Waals surface area contributed by atoms with Crippen molar-refractivity contribution in [3.8, 4) is 11.1 Å². The second-order valence-electron chi connectivity index (χ2n) is 5.83. The highest BCUT2D eigenvalue weighted by Crippen LogP contribution is 2.34. The zero-order chi connectivity index (χ0) is 13.8. The predicted octanol–water partition coefficient (Wildman–Crippen LogP) is 5.08. The highest BCUT2D eigenvalue weighted by atomic mass is 32.1. The summed E-state index contributed by atoms with van der Waals surface area (Å²) in [6.07, 6.45) is 5.52. The molecule has 0 amide bonds. The minimum atomic E-state index is 0.699. The van der Waals surface area contributed by atoms with E-state index in [1.165, 1.54) is 41.7 Å². The van der Waals surface area contributed by atoms with Gasteiger partial charge in [-0.3, -0.25) is 0 Å². The van der Waals surface area contributed by atoms with Gasteiger partial charge < -0.3 is 5.32 Å². The number of hydrogen-bond donors (Lipinski definition) is 1. The van der Waals surface area contributed by atoms with Crippen molar-refractivity contribution in [1.29, 1.82) is 0 Å². The van der Waals surface area contributed by atoms with Crippen LogP contribution in [0.25, 0.3) is 11.1 Å². The maximum absolute atomic E-state index is 3.73. The molecule has 0 saturated heterocycles. The Balaban J connectivity index is 1.56. The molecular formula is C18H23NS. The van der Waals surface area contributed by atoms with Crippen molar-refractivity contribution < 1.29 is 0 Å². The largest absolute Gasteiger partial charge is 0.309 e. The average Bonchev–Trinajstić information content (AvgIpc) is 3.19. The molecule has 1 N–H and O–H groups in total. The van der Waals surface area contributed by atoms with Crippen LogP contribution in [0, 0.1) is 5.92 Å². The van der Waals surface area contributed by atoms with Gasteiger partial charge in [-0.25, -0.2) is 0 Å². The normalized spacial score (nSPS) is 16.2. The van der Waals surface area contributed by atoms with Crippen LogP contribution >= 0.6 is 11.3 Å². The third-order valence-electron chi connectivity index (χ3n) is 4.13. The summed E-state index contributed by atoms with van der Waals surface area (Å²) < 4.78 is 0. The lowest BCUT2D eigenvalue weighted by Crippen LogP contribution is -2.28. The van der Waals surface area contributed by atoms with E-state index < -0.39 is 0 Å². The molecule has 1 aromatic heterocycles. The molecule has 0 bridgehead atoms. The lowest BCUT2D eigenvalue weighted by molar-refractivity contribution is 0.446. The van der Waals surface area contributed by atoms with Crippen LogP contribution in [0.1, 0.15) is 37.5 Å². The van der Waals surface area contributed by atoms with E-state index in [2.05, 4.69) is 54.0 Å². The van der Waals surface area contributed by atoms with Gasteiger partial charge in [-0.05, 0) is 41.3 Å². The van der Waals surface area contributed by atoms with Crippen LogP contribution in [0.15, 0.2) is 41.8 Å². The van der Waals surface area contributed by atoms with Crippen LogP contribution in [0.2, 0.25) is 0 Å². The zero-order valence-electron chi connectivity index (χ0n) is 12.1. The minimum Gasteiger partial charge on any atom is -0.309 e. The van der Waals surface area contributed by atoms with E-state index in [1.807, 2.05) is 11.3 Å². The first-order valence-corrected chi connectivity index (χ1v) is 8.59. The zero-order valence-corrected chi connectivity index (χ0v) is 13.0. The molecule has 1 fully saturated rings. The average molecular weight is 285 g/mol. The second-order valence-corrected chi connectivity index (χ2v) is 6.83. The molecule has 2 aromatic rings. The third-order valence-corrected chi connectivity index (χ3v) is 5.07. The van der Waals surface area contributed by atoms with Crippen LogP contribution < -0.4 is 5.32 Å². The van der Waals surface area contributed by atoms with Gasteiger partial charge in [0.25, 0.3) is 0 Å². The van der Waals surface area contributed by atoms with Crippen molar-refractivity contribution in [2.45, 2.75) is 45.2 Å². The van der Waals surface area contributed by atoms with E-state index in [9.17, 15) is 0 Å². The summed E-state index contributed by atoms with van der Waals surface area (Å²) in [5.74, 6) is 1.01. The Hall–Kier alpha value is -1.12. The van der Waals surface area contributed by atoms with Gasteiger partial charge in [0.1, 0.15) is 0 Å². The fourth-order valence-corrected chi connectivity index (χ4v) is 3.49. The van der Waals surface area contributed by atoms with Gasteiger partial charge in [0.15, 0.2) is 0 Å². The van der Waals surface area contributed by atoms with E-state index in [4.69, 9.17) is 0 Å². The molecule has 0 radical (unpaired) electrons. The molecule has 1 heterocycles. The number of benzene rings is 1. The first-order chi connectivity index (χ1) is 9.85. The Labute approximate surface area is 126 Å². The minimum absolute atomic E-state index is 0.699. The Morgan fingerprint density at radius 2 is 2.00 bits per heavy atom. The van der Waals surface area contributed by atoms with Crippen molar-refractivity contribution in [2.24, 2.45) is 5.92 Å².